The van der Waals surface area contributed by atoms with E-state index in [1.54, 1.807) is 12.1 Å². The number of rotatable bonds is 5. The van der Waals surface area contributed by atoms with E-state index in [0.717, 1.165) is 17.7 Å². The zero-order valence-electron chi connectivity index (χ0n) is 9.14. The number of nitrogens with two attached hydrogens (primary N) is 1. The second-order valence-electron chi connectivity index (χ2n) is 4.06. The molecule has 90 valence electrons. The van der Waals surface area contributed by atoms with Crippen LogP contribution in [0.1, 0.15) is 24.6 Å². The highest BCUT2D eigenvalue weighted by Crippen LogP contribution is 2.35. The molecule has 0 radical (unpaired) electrons. The summed E-state index contributed by atoms with van der Waals surface area (Å²) in [7, 11) is -3.32. The van der Waals surface area contributed by atoms with Crippen LogP contribution in [0.25, 0.3) is 0 Å². The average Bonchev–Trinajstić information content (AvgIpc) is 2.81. The van der Waals surface area contributed by atoms with E-state index in [1.165, 1.54) is 11.3 Å². The van der Waals surface area contributed by atoms with Crippen LogP contribution < -0.4 is 10.5 Å². The average molecular weight is 260 g/mol. The van der Waals surface area contributed by atoms with Crippen molar-refractivity contribution >= 4 is 21.4 Å². The molecule has 4 nitrogen and oxygen atoms in total. The van der Waals surface area contributed by atoms with E-state index in [4.69, 9.17) is 5.73 Å². The predicted octanol–water partition coefficient (Wildman–Crippen LogP) is 1.28. The zero-order chi connectivity index (χ0) is 11.8. The van der Waals surface area contributed by atoms with Gasteiger partial charge in [0.1, 0.15) is 4.21 Å². The van der Waals surface area contributed by atoms with Crippen LogP contribution in [0.2, 0.25) is 0 Å². The van der Waals surface area contributed by atoms with E-state index in [2.05, 4.69) is 11.6 Å². The van der Waals surface area contributed by atoms with Gasteiger partial charge in [0.15, 0.2) is 0 Å². The van der Waals surface area contributed by atoms with Crippen molar-refractivity contribution in [1.29, 1.82) is 0 Å². The van der Waals surface area contributed by atoms with Gasteiger partial charge in [-0.25, -0.2) is 13.1 Å². The fourth-order valence-corrected chi connectivity index (χ4v) is 4.28. The Morgan fingerprint density at radius 3 is 2.81 bits per heavy atom. The van der Waals surface area contributed by atoms with Crippen LogP contribution in [0.4, 0.5) is 0 Å². The van der Waals surface area contributed by atoms with Crippen molar-refractivity contribution in [3.8, 4) is 0 Å². The molecule has 0 aromatic carbocycles. The first-order valence-corrected chi connectivity index (χ1v) is 7.68. The molecule has 1 aromatic heterocycles. The Morgan fingerprint density at radius 2 is 2.31 bits per heavy atom. The number of hydrogen-bond donors (Lipinski definition) is 2. The monoisotopic (exact) mass is 260 g/mol. The molecular formula is C10H16N2O2S2. The van der Waals surface area contributed by atoms with Gasteiger partial charge in [0.2, 0.25) is 10.0 Å². The Bertz CT molecular complexity index is 467. The fraction of sp³-hybridized carbons (Fsp3) is 0.600. The van der Waals surface area contributed by atoms with Crippen molar-refractivity contribution in [2.75, 3.05) is 0 Å². The predicted molar refractivity (Wildman–Crippen MR) is 64.7 cm³/mol. The van der Waals surface area contributed by atoms with Gasteiger partial charge in [0, 0.05) is 17.5 Å². The first-order valence-electron chi connectivity index (χ1n) is 5.38. The normalized spacial score (nSPS) is 24.6. The third-order valence-corrected chi connectivity index (χ3v) is 5.95. The Kier molecular flexibility index (Phi) is 3.34. The van der Waals surface area contributed by atoms with Crippen molar-refractivity contribution < 1.29 is 8.42 Å². The van der Waals surface area contributed by atoms with Crippen molar-refractivity contribution in [2.24, 2.45) is 11.7 Å². The fourth-order valence-electron chi connectivity index (χ4n) is 1.71. The van der Waals surface area contributed by atoms with Crippen molar-refractivity contribution in [3.63, 3.8) is 0 Å². The lowest BCUT2D eigenvalue weighted by Gasteiger charge is -2.02. The molecule has 0 aliphatic heterocycles. The van der Waals surface area contributed by atoms with Crippen LogP contribution in [0.5, 0.6) is 0 Å². The van der Waals surface area contributed by atoms with Crippen LogP contribution >= 0.6 is 11.3 Å². The summed E-state index contributed by atoms with van der Waals surface area (Å²) in [5.41, 5.74) is 5.46. The second kappa shape index (κ2) is 4.44. The molecule has 2 rings (SSSR count). The molecule has 0 amide bonds. The van der Waals surface area contributed by atoms with E-state index in [1.807, 2.05) is 0 Å². The quantitative estimate of drug-likeness (QED) is 0.837. The molecule has 1 heterocycles. The highest BCUT2D eigenvalue weighted by atomic mass is 32.2. The molecule has 6 heteroatoms. The van der Waals surface area contributed by atoms with Gasteiger partial charge in [0.05, 0.1) is 0 Å². The van der Waals surface area contributed by atoms with Crippen molar-refractivity contribution in [2.45, 2.75) is 36.6 Å². The lowest BCUT2D eigenvalue weighted by molar-refractivity contribution is 0.578. The molecule has 1 fully saturated rings. The number of hydrogen-bond acceptors (Lipinski definition) is 4. The highest BCUT2D eigenvalue weighted by Gasteiger charge is 2.38. The van der Waals surface area contributed by atoms with Gasteiger partial charge in [-0.15, -0.1) is 11.3 Å². The lowest BCUT2D eigenvalue weighted by atomic mass is 10.3. The summed E-state index contributed by atoms with van der Waals surface area (Å²) < 4.78 is 27.0. The Balaban J connectivity index is 2.07. The maximum atomic E-state index is 11.9. The Morgan fingerprint density at radius 1 is 1.56 bits per heavy atom. The van der Waals surface area contributed by atoms with Crippen LogP contribution in [0.3, 0.4) is 0 Å². The molecule has 0 spiro atoms. The maximum absolute atomic E-state index is 11.9. The summed E-state index contributed by atoms with van der Waals surface area (Å²) in [4.78, 5) is 0.892. The number of thiophene rings is 1. The standard InChI is InChI=1S/C10H16N2O2S2/c1-2-7-5-9(7)12-16(13,14)10-4-3-8(6-11)15-10/h3-4,7,9,12H,2,5-6,11H2,1H3. The molecule has 1 saturated carbocycles. The van der Waals surface area contributed by atoms with Gasteiger partial charge in [-0.05, 0) is 24.5 Å². The molecule has 0 bridgehead atoms. The first-order chi connectivity index (χ1) is 7.56. The van der Waals surface area contributed by atoms with E-state index in [9.17, 15) is 8.42 Å². The minimum absolute atomic E-state index is 0.137. The Hall–Kier alpha value is -0.430. The lowest BCUT2D eigenvalue weighted by Crippen LogP contribution is -2.26. The Labute approximate surface area is 99.9 Å². The summed E-state index contributed by atoms with van der Waals surface area (Å²) in [6.45, 7) is 2.47. The third kappa shape index (κ3) is 2.45. The van der Waals surface area contributed by atoms with E-state index >= 15 is 0 Å². The molecule has 2 atom stereocenters. The molecule has 16 heavy (non-hydrogen) atoms. The summed E-state index contributed by atoms with van der Waals surface area (Å²) in [5.74, 6) is 0.517. The summed E-state index contributed by atoms with van der Waals surface area (Å²) in [6, 6.07) is 3.53. The third-order valence-electron chi connectivity index (χ3n) is 2.86. The van der Waals surface area contributed by atoms with Crippen molar-refractivity contribution in [3.05, 3.63) is 17.0 Å². The van der Waals surface area contributed by atoms with Gasteiger partial charge in [-0.1, -0.05) is 13.3 Å². The topological polar surface area (TPSA) is 72.2 Å². The van der Waals surface area contributed by atoms with E-state index < -0.39 is 10.0 Å². The molecule has 2 unspecified atom stereocenters. The van der Waals surface area contributed by atoms with Crippen LogP contribution in [0.15, 0.2) is 16.3 Å². The molecule has 1 aliphatic rings. The van der Waals surface area contributed by atoms with Gasteiger partial charge < -0.3 is 5.73 Å². The van der Waals surface area contributed by atoms with Crippen LogP contribution in [-0.2, 0) is 16.6 Å². The summed E-state index contributed by atoms with van der Waals surface area (Å²) in [5, 5.41) is 0. The largest absolute Gasteiger partial charge is 0.326 e. The minimum atomic E-state index is -3.32. The molecule has 1 aliphatic carbocycles. The summed E-state index contributed by atoms with van der Waals surface area (Å²) in [6.07, 6.45) is 2.00. The maximum Gasteiger partial charge on any atom is 0.250 e. The smallest absolute Gasteiger partial charge is 0.250 e. The second-order valence-corrected chi connectivity index (χ2v) is 7.17. The molecular weight excluding hydrogens is 244 g/mol. The van der Waals surface area contributed by atoms with Crippen molar-refractivity contribution in [1.82, 2.24) is 4.72 Å². The molecule has 0 saturated heterocycles. The first kappa shape index (κ1) is 12.0. The molecule has 3 N–H and O–H groups in total. The SMILES string of the molecule is CCC1CC1NS(=O)(=O)c1ccc(CN)s1. The van der Waals surface area contributed by atoms with E-state index in [-0.39, 0.29) is 6.04 Å². The van der Waals surface area contributed by atoms with Gasteiger partial charge in [-0.3, -0.25) is 0 Å². The highest BCUT2D eigenvalue weighted by molar-refractivity contribution is 7.91. The number of sulfonamides is 1. The van der Waals surface area contributed by atoms with Gasteiger partial charge in [0.25, 0.3) is 0 Å². The summed E-state index contributed by atoms with van der Waals surface area (Å²) >= 11 is 1.24. The van der Waals surface area contributed by atoms with Crippen LogP contribution in [0, 0.1) is 5.92 Å². The molecule has 1 aromatic rings. The van der Waals surface area contributed by atoms with Gasteiger partial charge >= 0.3 is 0 Å². The minimum Gasteiger partial charge on any atom is -0.326 e. The zero-order valence-corrected chi connectivity index (χ0v) is 10.8. The van der Waals surface area contributed by atoms with E-state index in [0.29, 0.717) is 16.7 Å². The van der Waals surface area contributed by atoms with Gasteiger partial charge in [-0.2, -0.15) is 0 Å². The number of nitrogens with one attached hydrogen (secondary N) is 1. The van der Waals surface area contributed by atoms with Crippen LogP contribution in [-0.4, -0.2) is 14.5 Å².